The number of carbonyl (C=O) groups is 2. The van der Waals surface area contributed by atoms with Gasteiger partial charge in [-0.15, -0.1) is 0 Å². The van der Waals surface area contributed by atoms with E-state index in [2.05, 4.69) is 4.74 Å². The number of ether oxygens (including phenoxy) is 1. The van der Waals surface area contributed by atoms with Crippen LogP contribution in [0.5, 0.6) is 0 Å². The third-order valence-electron chi connectivity index (χ3n) is 1.55. The molecule has 14 heavy (non-hydrogen) atoms. The molecule has 74 valence electrons. The molecule has 0 aliphatic heterocycles. The van der Waals surface area contributed by atoms with Gasteiger partial charge in [-0.1, -0.05) is 0 Å². The van der Waals surface area contributed by atoms with Crippen LogP contribution >= 0.6 is 34.2 Å². The van der Waals surface area contributed by atoms with Crippen molar-refractivity contribution in [1.29, 1.82) is 0 Å². The standard InChI is InChI=1S/C9H6ClIO3/c1-14-9(13)6-2-5(8(10)12)3-7(11)4-6/h2-4H,1H3. The van der Waals surface area contributed by atoms with Crippen molar-refractivity contribution in [2.75, 3.05) is 7.11 Å². The molecule has 0 aliphatic rings. The van der Waals surface area contributed by atoms with E-state index in [1.54, 1.807) is 12.1 Å². The molecule has 0 unspecified atom stereocenters. The van der Waals surface area contributed by atoms with Crippen LogP contribution in [0.1, 0.15) is 20.7 Å². The van der Waals surface area contributed by atoms with E-state index in [-0.39, 0.29) is 0 Å². The van der Waals surface area contributed by atoms with Crippen LogP contribution in [-0.2, 0) is 4.74 Å². The lowest BCUT2D eigenvalue weighted by Gasteiger charge is -2.01. The number of esters is 1. The number of rotatable bonds is 2. The zero-order chi connectivity index (χ0) is 10.7. The molecule has 0 bridgehead atoms. The van der Waals surface area contributed by atoms with Gasteiger partial charge >= 0.3 is 5.97 Å². The maximum Gasteiger partial charge on any atom is 0.337 e. The van der Waals surface area contributed by atoms with Gasteiger partial charge in [0.15, 0.2) is 0 Å². The SMILES string of the molecule is COC(=O)c1cc(I)cc(C(=O)Cl)c1. The van der Waals surface area contributed by atoms with Gasteiger partial charge in [-0.3, -0.25) is 4.79 Å². The molecule has 0 fully saturated rings. The molecule has 0 atom stereocenters. The van der Waals surface area contributed by atoms with Crippen molar-refractivity contribution in [3.8, 4) is 0 Å². The summed E-state index contributed by atoms with van der Waals surface area (Å²) in [4.78, 5) is 22.0. The lowest BCUT2D eigenvalue weighted by atomic mass is 10.1. The van der Waals surface area contributed by atoms with Gasteiger partial charge in [-0.25, -0.2) is 4.79 Å². The fourth-order valence-corrected chi connectivity index (χ4v) is 1.72. The first kappa shape index (κ1) is 11.5. The highest BCUT2D eigenvalue weighted by molar-refractivity contribution is 14.1. The normalized spacial score (nSPS) is 9.64. The minimum atomic E-state index is -0.589. The lowest BCUT2D eigenvalue weighted by molar-refractivity contribution is 0.0600. The molecule has 0 saturated heterocycles. The number of methoxy groups -OCH3 is 1. The zero-order valence-electron chi connectivity index (χ0n) is 7.21. The van der Waals surface area contributed by atoms with Crippen molar-refractivity contribution in [2.45, 2.75) is 0 Å². The predicted molar refractivity (Wildman–Crippen MR) is 60.7 cm³/mol. The summed E-state index contributed by atoms with van der Waals surface area (Å²) in [7, 11) is 1.28. The first-order chi connectivity index (χ1) is 6.54. The molecule has 0 spiro atoms. The van der Waals surface area contributed by atoms with Crippen LogP contribution in [-0.4, -0.2) is 18.3 Å². The average Bonchev–Trinajstić information content (AvgIpc) is 2.15. The Bertz CT molecular complexity index is 390. The topological polar surface area (TPSA) is 43.4 Å². The molecule has 1 aromatic carbocycles. The molecular formula is C9H6ClIO3. The molecule has 0 aliphatic carbocycles. The minimum absolute atomic E-state index is 0.291. The molecule has 0 aromatic heterocycles. The van der Waals surface area contributed by atoms with E-state index in [4.69, 9.17) is 11.6 Å². The Morgan fingerprint density at radius 2 is 1.86 bits per heavy atom. The number of hydrogen-bond donors (Lipinski definition) is 0. The number of benzene rings is 1. The van der Waals surface area contributed by atoms with Crippen LogP contribution in [0.25, 0.3) is 0 Å². The van der Waals surface area contributed by atoms with Crippen molar-refractivity contribution in [1.82, 2.24) is 0 Å². The zero-order valence-corrected chi connectivity index (χ0v) is 10.1. The fourth-order valence-electron chi connectivity index (χ4n) is 0.939. The first-order valence-electron chi connectivity index (χ1n) is 3.63. The molecule has 0 amide bonds. The summed E-state index contributed by atoms with van der Waals surface area (Å²) in [5, 5.41) is -0.589. The van der Waals surface area contributed by atoms with Crippen molar-refractivity contribution in [3.05, 3.63) is 32.9 Å². The van der Waals surface area contributed by atoms with Gasteiger partial charge in [-0.2, -0.15) is 0 Å². The third kappa shape index (κ3) is 2.68. The van der Waals surface area contributed by atoms with Gasteiger partial charge < -0.3 is 4.74 Å². The molecule has 1 aromatic rings. The molecule has 0 saturated carbocycles. The lowest BCUT2D eigenvalue weighted by Crippen LogP contribution is -2.03. The minimum Gasteiger partial charge on any atom is -0.465 e. The van der Waals surface area contributed by atoms with Gasteiger partial charge in [0.05, 0.1) is 12.7 Å². The van der Waals surface area contributed by atoms with Gasteiger partial charge in [0.25, 0.3) is 5.24 Å². The quantitative estimate of drug-likeness (QED) is 0.477. The number of halogens is 2. The van der Waals surface area contributed by atoms with Gasteiger partial charge in [0.1, 0.15) is 0 Å². The van der Waals surface area contributed by atoms with Crippen molar-refractivity contribution in [3.63, 3.8) is 0 Å². The average molecular weight is 325 g/mol. The summed E-state index contributed by atoms with van der Waals surface area (Å²) in [6, 6.07) is 4.63. The number of hydrogen-bond acceptors (Lipinski definition) is 3. The largest absolute Gasteiger partial charge is 0.465 e. The van der Waals surface area contributed by atoms with Gasteiger partial charge in [0.2, 0.25) is 0 Å². The van der Waals surface area contributed by atoms with Crippen LogP contribution in [0.3, 0.4) is 0 Å². The molecule has 0 radical (unpaired) electrons. The van der Waals surface area contributed by atoms with Crippen LogP contribution < -0.4 is 0 Å². The summed E-state index contributed by atoms with van der Waals surface area (Å²) < 4.78 is 5.29. The Kier molecular flexibility index (Phi) is 3.88. The smallest absolute Gasteiger partial charge is 0.337 e. The molecule has 3 nitrogen and oxygen atoms in total. The first-order valence-corrected chi connectivity index (χ1v) is 5.09. The second-order valence-electron chi connectivity index (χ2n) is 2.49. The Labute approximate surface area is 99.5 Å². The van der Waals surface area contributed by atoms with Gasteiger partial charge in [0, 0.05) is 9.13 Å². The highest BCUT2D eigenvalue weighted by atomic mass is 127. The van der Waals surface area contributed by atoms with E-state index in [9.17, 15) is 9.59 Å². The van der Waals surface area contributed by atoms with E-state index >= 15 is 0 Å². The van der Waals surface area contributed by atoms with E-state index < -0.39 is 11.2 Å². The Balaban J connectivity index is 3.20. The number of carbonyl (C=O) groups excluding carboxylic acids is 2. The molecule has 0 N–H and O–H groups in total. The molecule has 1 rings (SSSR count). The van der Waals surface area contributed by atoms with E-state index in [1.165, 1.54) is 13.2 Å². The Morgan fingerprint density at radius 3 is 2.36 bits per heavy atom. The van der Waals surface area contributed by atoms with Crippen molar-refractivity contribution < 1.29 is 14.3 Å². The Hall–Kier alpha value is -0.620. The summed E-state index contributed by atoms with van der Waals surface area (Å²) in [5.41, 5.74) is 0.613. The third-order valence-corrected chi connectivity index (χ3v) is 2.39. The van der Waals surface area contributed by atoms with Gasteiger partial charge in [-0.05, 0) is 52.4 Å². The van der Waals surface area contributed by atoms with Crippen molar-refractivity contribution in [2.24, 2.45) is 0 Å². The summed E-state index contributed by atoms with van der Waals surface area (Å²) in [5.74, 6) is -0.484. The fraction of sp³-hybridized carbons (Fsp3) is 0.111. The summed E-state index contributed by atoms with van der Waals surface area (Å²) >= 11 is 7.30. The molecular weight excluding hydrogens is 318 g/mol. The van der Waals surface area contributed by atoms with Crippen LogP contribution in [0.15, 0.2) is 18.2 Å². The molecule has 5 heteroatoms. The van der Waals surface area contributed by atoms with Crippen LogP contribution in [0.2, 0.25) is 0 Å². The summed E-state index contributed by atoms with van der Waals surface area (Å²) in [6.07, 6.45) is 0. The maximum atomic E-state index is 11.2. The monoisotopic (exact) mass is 324 g/mol. The molecule has 0 heterocycles. The maximum absolute atomic E-state index is 11.2. The summed E-state index contributed by atoms with van der Waals surface area (Å²) in [6.45, 7) is 0. The highest BCUT2D eigenvalue weighted by Gasteiger charge is 2.10. The van der Waals surface area contributed by atoms with Crippen molar-refractivity contribution >= 4 is 45.4 Å². The predicted octanol–water partition coefficient (Wildman–Crippen LogP) is 2.46. The van der Waals surface area contributed by atoms with E-state index in [0.717, 1.165) is 3.57 Å². The second-order valence-corrected chi connectivity index (χ2v) is 4.08. The Morgan fingerprint density at radius 1 is 1.29 bits per heavy atom. The highest BCUT2D eigenvalue weighted by Crippen LogP contribution is 2.15. The van der Waals surface area contributed by atoms with E-state index in [1.807, 2.05) is 22.6 Å². The van der Waals surface area contributed by atoms with Crippen LogP contribution in [0, 0.1) is 3.57 Å². The second kappa shape index (κ2) is 4.75. The van der Waals surface area contributed by atoms with Crippen LogP contribution in [0.4, 0.5) is 0 Å². The van der Waals surface area contributed by atoms with E-state index in [0.29, 0.717) is 11.1 Å².